The average Bonchev–Trinajstić information content (AvgIpc) is 2.17. The van der Waals surface area contributed by atoms with Gasteiger partial charge in [0.1, 0.15) is 0 Å². The third-order valence-corrected chi connectivity index (χ3v) is 21.8. The number of fused-ring (bicyclic) bond motifs is 9. The minimum atomic E-state index is -0.599. The van der Waals surface area contributed by atoms with Crippen LogP contribution in [0.1, 0.15) is 111 Å². The number of rotatable bonds is 10. The minimum Gasteiger partial charge on any atom is -0.310 e. The number of hydrogen-bond acceptors (Lipinski definition) is 1. The Morgan fingerprint density at radius 3 is 0.802 bits per heavy atom. The highest BCUT2D eigenvalue weighted by atomic mass is 15.1. The van der Waals surface area contributed by atoms with E-state index in [0.29, 0.717) is 0 Å². The molecule has 1 heteroatoms. The van der Waals surface area contributed by atoms with E-state index in [0.717, 1.165) is 34.8 Å². The molecule has 0 radical (unpaired) electrons. The molecular weight excluding hydrogens is 1030 g/mol. The zero-order valence-corrected chi connectivity index (χ0v) is 48.3. The third kappa shape index (κ3) is 6.89. The summed E-state index contributed by atoms with van der Waals surface area (Å²) in [6.45, 7) is 0. The number of hydrogen-bond donors (Lipinski definition) is 0. The van der Waals surface area contributed by atoms with Crippen LogP contribution in [0, 0.1) is 17.8 Å². The lowest BCUT2D eigenvalue weighted by atomic mass is 9.48. The molecule has 12 aromatic rings. The van der Waals surface area contributed by atoms with Crippen molar-refractivity contribution < 1.29 is 0 Å². The first-order valence-corrected chi connectivity index (χ1v) is 31.5. The fraction of sp³-hybridized carbons (Fsp3) is 0.153. The lowest BCUT2D eigenvalue weighted by Crippen LogP contribution is -2.48. The number of benzene rings is 12. The van der Waals surface area contributed by atoms with Gasteiger partial charge < -0.3 is 4.90 Å². The normalized spacial score (nSPS) is 20.5. The Bertz CT molecular complexity index is 4270. The predicted molar refractivity (Wildman–Crippen MR) is 353 cm³/mol. The Kier molecular flexibility index (Phi) is 11.0. The van der Waals surface area contributed by atoms with Crippen LogP contribution in [-0.4, -0.2) is 0 Å². The Balaban J connectivity index is 0.919. The van der Waals surface area contributed by atoms with Gasteiger partial charge in [-0.15, -0.1) is 0 Å². The van der Waals surface area contributed by atoms with Crippen LogP contribution in [0.5, 0.6) is 0 Å². The molecule has 0 aromatic heterocycles. The maximum atomic E-state index is 2.73. The molecule has 0 saturated heterocycles. The van der Waals surface area contributed by atoms with Crippen molar-refractivity contribution in [3.05, 3.63) is 376 Å². The summed E-state index contributed by atoms with van der Waals surface area (Å²) in [4.78, 5) is 2.61. The van der Waals surface area contributed by atoms with Crippen LogP contribution < -0.4 is 4.90 Å². The quantitative estimate of drug-likeness (QED) is 0.132. The molecule has 4 saturated carbocycles. The first kappa shape index (κ1) is 49.8. The molecule has 1 nitrogen and oxygen atoms in total. The van der Waals surface area contributed by atoms with E-state index in [2.05, 4.69) is 308 Å². The van der Waals surface area contributed by atoms with Gasteiger partial charge in [0.2, 0.25) is 0 Å². The van der Waals surface area contributed by atoms with Crippen molar-refractivity contribution >= 4 is 17.1 Å². The van der Waals surface area contributed by atoms with Gasteiger partial charge in [-0.3, -0.25) is 0 Å². The second kappa shape index (κ2) is 19.0. The molecule has 0 atom stereocenters. The summed E-state index contributed by atoms with van der Waals surface area (Å²) >= 11 is 0. The van der Waals surface area contributed by atoms with E-state index in [1.165, 1.54) is 139 Å². The van der Waals surface area contributed by atoms with E-state index >= 15 is 0 Å². The second-order valence-electron chi connectivity index (χ2n) is 26.0. The summed E-state index contributed by atoms with van der Waals surface area (Å²) in [5.74, 6) is 2.56. The first-order valence-electron chi connectivity index (χ1n) is 31.5. The zero-order chi connectivity index (χ0) is 56.6. The van der Waals surface area contributed by atoms with Crippen molar-refractivity contribution in [1.82, 2.24) is 0 Å². The summed E-state index contributed by atoms with van der Waals surface area (Å²) in [6.07, 6.45) is 8.28. The molecule has 19 rings (SSSR count). The monoisotopic (exact) mass is 1100 g/mol. The lowest BCUT2D eigenvalue weighted by Gasteiger charge is -2.57. The molecule has 0 spiro atoms. The van der Waals surface area contributed by atoms with Crippen molar-refractivity contribution in [2.75, 3.05) is 4.90 Å². The molecule has 4 fully saturated rings. The van der Waals surface area contributed by atoms with Crippen LogP contribution in [-0.2, 0) is 21.7 Å². The molecule has 410 valence electrons. The van der Waals surface area contributed by atoms with Gasteiger partial charge in [0.15, 0.2) is 0 Å². The van der Waals surface area contributed by atoms with E-state index < -0.39 is 16.2 Å². The topological polar surface area (TPSA) is 3.24 Å². The van der Waals surface area contributed by atoms with Crippen molar-refractivity contribution in [3.63, 3.8) is 0 Å². The van der Waals surface area contributed by atoms with Gasteiger partial charge >= 0.3 is 0 Å². The molecule has 86 heavy (non-hydrogen) atoms. The van der Waals surface area contributed by atoms with E-state index in [1.54, 1.807) is 5.56 Å². The fourth-order valence-electron chi connectivity index (χ4n) is 19.0. The molecule has 7 aliphatic rings. The van der Waals surface area contributed by atoms with Gasteiger partial charge in [0, 0.05) is 17.1 Å². The first-order chi connectivity index (χ1) is 42.6. The van der Waals surface area contributed by atoms with Crippen LogP contribution in [0.25, 0.3) is 33.4 Å². The van der Waals surface area contributed by atoms with Gasteiger partial charge in [-0.05, 0) is 204 Å². The van der Waals surface area contributed by atoms with Crippen molar-refractivity contribution in [1.29, 1.82) is 0 Å². The van der Waals surface area contributed by atoms with Crippen LogP contribution >= 0.6 is 0 Å². The standard InChI is InChI=1S/C85H65N/c1-7-23-60(24-8-1)83(61-25-9-2-10-26-61)76-37-21-19-35-70(76)73-44-40-67(51-79(73)83)86(68-41-45-74-71-36-20-22-38-77(71)84(80(74)52-68,62-27-11-3-12-28-62)63-29-13-4-14-30-63)69-42-46-75-72-43-39-66(82-54-57-47-58(55-82)49-59(48-57)56-82)50-78(72)85(81(75)53-69,64-31-15-5-16-32-64)65-33-17-6-18-34-65/h1-46,50-53,57-59H,47-49,54-56H2. The van der Waals surface area contributed by atoms with E-state index in [1.807, 2.05) is 0 Å². The van der Waals surface area contributed by atoms with Gasteiger partial charge in [-0.2, -0.15) is 0 Å². The van der Waals surface area contributed by atoms with Crippen LogP contribution in [0.3, 0.4) is 0 Å². The zero-order valence-electron chi connectivity index (χ0n) is 48.3. The molecular formula is C85H65N. The van der Waals surface area contributed by atoms with Crippen molar-refractivity contribution in [2.45, 2.75) is 60.2 Å². The Morgan fingerprint density at radius 2 is 0.477 bits per heavy atom. The maximum absolute atomic E-state index is 2.73. The molecule has 12 aromatic carbocycles. The van der Waals surface area contributed by atoms with E-state index in [9.17, 15) is 0 Å². The van der Waals surface area contributed by atoms with Gasteiger partial charge in [-0.25, -0.2) is 0 Å². The fourth-order valence-corrected chi connectivity index (χ4v) is 19.0. The molecule has 4 bridgehead atoms. The Hall–Kier alpha value is -9.56. The predicted octanol–water partition coefficient (Wildman–Crippen LogP) is 20.7. The molecule has 7 aliphatic carbocycles. The average molecular weight is 1100 g/mol. The van der Waals surface area contributed by atoms with E-state index in [-0.39, 0.29) is 5.41 Å². The SMILES string of the molecule is c1ccc(C2(c3ccccc3)c3ccccc3-c3ccc(N(c4ccc5c(c4)C(c4ccccc4)(c4ccccc4)c4ccccc4-5)c4ccc5c(c4)C(c4ccccc4)(c4ccccc4)c4cc(C67CC8CC(CC(C8)C6)C7)ccc4-5)cc32)cc1. The minimum absolute atomic E-state index is 0.240. The lowest BCUT2D eigenvalue weighted by molar-refractivity contribution is -0.00522. The summed E-state index contributed by atoms with van der Waals surface area (Å²) in [7, 11) is 0. The highest BCUT2D eigenvalue weighted by Crippen LogP contribution is 2.65. The largest absolute Gasteiger partial charge is 0.310 e. The molecule has 0 N–H and O–H groups in total. The molecule has 0 aliphatic heterocycles. The summed E-state index contributed by atoms with van der Waals surface area (Å²) < 4.78 is 0. The molecule has 0 amide bonds. The molecule has 0 unspecified atom stereocenters. The summed E-state index contributed by atoms with van der Waals surface area (Å²) in [5.41, 5.74) is 26.6. The van der Waals surface area contributed by atoms with E-state index in [4.69, 9.17) is 0 Å². The van der Waals surface area contributed by atoms with Crippen LogP contribution in [0.4, 0.5) is 17.1 Å². The van der Waals surface area contributed by atoms with Crippen molar-refractivity contribution in [2.24, 2.45) is 17.8 Å². The summed E-state index contributed by atoms with van der Waals surface area (Å²) in [5, 5.41) is 0. The van der Waals surface area contributed by atoms with Gasteiger partial charge in [-0.1, -0.05) is 267 Å². The van der Waals surface area contributed by atoms with Gasteiger partial charge in [0.05, 0.1) is 16.2 Å². The second-order valence-corrected chi connectivity index (χ2v) is 26.0. The molecule has 0 heterocycles. The van der Waals surface area contributed by atoms with Crippen molar-refractivity contribution in [3.8, 4) is 33.4 Å². The maximum Gasteiger partial charge on any atom is 0.0714 e. The summed E-state index contributed by atoms with van der Waals surface area (Å²) in [6, 6.07) is 117. The van der Waals surface area contributed by atoms with Crippen LogP contribution in [0.15, 0.2) is 303 Å². The highest BCUT2D eigenvalue weighted by Gasteiger charge is 2.54. The Morgan fingerprint density at radius 1 is 0.221 bits per heavy atom. The Labute approximate surface area is 506 Å². The smallest absolute Gasteiger partial charge is 0.0714 e. The van der Waals surface area contributed by atoms with Gasteiger partial charge in [0.25, 0.3) is 0 Å². The van der Waals surface area contributed by atoms with Crippen LogP contribution in [0.2, 0.25) is 0 Å². The number of anilines is 3. The highest BCUT2D eigenvalue weighted by molar-refractivity contribution is 5.94. The third-order valence-electron chi connectivity index (χ3n) is 21.8. The number of nitrogens with zero attached hydrogens (tertiary/aromatic N) is 1.